The average molecular weight is 277 g/mol. The number of carbonyl (C=O) groups is 1. The number of anilines is 1. The van der Waals surface area contributed by atoms with Crippen LogP contribution in [0, 0.1) is 0 Å². The number of benzene rings is 1. The third kappa shape index (κ3) is 3.37. The van der Waals surface area contributed by atoms with Crippen LogP contribution in [-0.2, 0) is 15.7 Å². The summed E-state index contributed by atoms with van der Waals surface area (Å²) in [6.45, 7) is 0. The highest BCUT2D eigenvalue weighted by Gasteiger charge is 2.33. The van der Waals surface area contributed by atoms with Gasteiger partial charge in [-0.05, 0) is 18.2 Å². The molecular weight excluding hydrogens is 263 g/mol. The molecule has 1 unspecified atom stereocenters. The van der Waals surface area contributed by atoms with E-state index in [0.717, 1.165) is 19.2 Å². The van der Waals surface area contributed by atoms with Gasteiger partial charge in [0.25, 0.3) is 0 Å². The Hall–Kier alpha value is -1.76. The lowest BCUT2D eigenvalue weighted by molar-refractivity contribution is -0.151. The van der Waals surface area contributed by atoms with Gasteiger partial charge in [-0.3, -0.25) is 0 Å². The van der Waals surface area contributed by atoms with E-state index >= 15 is 0 Å². The van der Waals surface area contributed by atoms with Crippen LogP contribution in [0.25, 0.3) is 0 Å². The molecule has 0 radical (unpaired) electrons. The van der Waals surface area contributed by atoms with E-state index in [1.54, 1.807) is 14.1 Å². The first-order valence-corrected chi connectivity index (χ1v) is 5.33. The molecule has 1 N–H and O–H groups in total. The fourth-order valence-electron chi connectivity index (χ4n) is 1.60. The molecular formula is C12H14F3NO3. The third-order valence-corrected chi connectivity index (χ3v) is 2.56. The van der Waals surface area contributed by atoms with E-state index in [1.807, 2.05) is 0 Å². The number of hydrogen-bond acceptors (Lipinski definition) is 4. The van der Waals surface area contributed by atoms with Crippen LogP contribution in [0.3, 0.4) is 0 Å². The zero-order chi connectivity index (χ0) is 14.8. The smallest absolute Gasteiger partial charge is 0.416 e. The molecule has 7 heteroatoms. The summed E-state index contributed by atoms with van der Waals surface area (Å²) in [5, 5.41) is 9.74. The molecule has 0 heterocycles. The van der Waals surface area contributed by atoms with Gasteiger partial charge in [0.2, 0.25) is 0 Å². The van der Waals surface area contributed by atoms with Crippen molar-refractivity contribution in [2.45, 2.75) is 12.3 Å². The number of rotatable bonds is 3. The number of ether oxygens (including phenoxy) is 1. The summed E-state index contributed by atoms with van der Waals surface area (Å²) in [4.78, 5) is 12.8. The minimum Gasteiger partial charge on any atom is -0.467 e. The van der Waals surface area contributed by atoms with Crippen LogP contribution in [0.4, 0.5) is 18.9 Å². The normalized spacial score (nSPS) is 13.0. The van der Waals surface area contributed by atoms with Crippen molar-refractivity contribution in [3.63, 3.8) is 0 Å². The van der Waals surface area contributed by atoms with Crippen LogP contribution in [-0.4, -0.2) is 32.3 Å². The van der Waals surface area contributed by atoms with Gasteiger partial charge in [-0.15, -0.1) is 0 Å². The van der Waals surface area contributed by atoms with E-state index in [4.69, 9.17) is 0 Å². The molecule has 0 aliphatic rings. The second-order valence-electron chi connectivity index (χ2n) is 4.09. The summed E-state index contributed by atoms with van der Waals surface area (Å²) in [7, 11) is 4.24. The van der Waals surface area contributed by atoms with Gasteiger partial charge in [-0.2, -0.15) is 13.2 Å². The predicted molar refractivity (Wildman–Crippen MR) is 62.7 cm³/mol. The molecule has 1 rings (SSSR count). The third-order valence-electron chi connectivity index (χ3n) is 2.56. The van der Waals surface area contributed by atoms with Gasteiger partial charge in [0.05, 0.1) is 12.7 Å². The van der Waals surface area contributed by atoms with Gasteiger partial charge in [-0.25, -0.2) is 4.79 Å². The Bertz CT molecular complexity index is 472. The number of esters is 1. The molecule has 19 heavy (non-hydrogen) atoms. The van der Waals surface area contributed by atoms with E-state index < -0.39 is 23.8 Å². The first kappa shape index (κ1) is 15.3. The molecule has 0 spiro atoms. The van der Waals surface area contributed by atoms with E-state index in [9.17, 15) is 23.1 Å². The van der Waals surface area contributed by atoms with E-state index in [0.29, 0.717) is 5.69 Å². The Morgan fingerprint density at radius 1 is 1.37 bits per heavy atom. The quantitative estimate of drug-likeness (QED) is 0.858. The molecule has 0 bridgehead atoms. The number of aliphatic hydroxyl groups excluding tert-OH is 1. The summed E-state index contributed by atoms with van der Waals surface area (Å²) < 4.78 is 42.2. The van der Waals surface area contributed by atoms with Crippen molar-refractivity contribution >= 4 is 11.7 Å². The van der Waals surface area contributed by atoms with Crippen molar-refractivity contribution < 1.29 is 27.8 Å². The molecule has 1 aromatic rings. The highest BCUT2D eigenvalue weighted by atomic mass is 19.4. The van der Waals surface area contributed by atoms with Crippen molar-refractivity contribution in [1.82, 2.24) is 0 Å². The summed E-state index contributed by atoms with van der Waals surface area (Å²) in [5.41, 5.74) is -0.770. The predicted octanol–water partition coefficient (Wildman–Crippen LogP) is 1.98. The van der Waals surface area contributed by atoms with Gasteiger partial charge in [-0.1, -0.05) is 0 Å². The van der Waals surface area contributed by atoms with Crippen LogP contribution < -0.4 is 4.90 Å². The van der Waals surface area contributed by atoms with Crippen LogP contribution in [0.2, 0.25) is 0 Å². The molecule has 0 aliphatic heterocycles. The van der Waals surface area contributed by atoms with E-state index in [-0.39, 0.29) is 5.56 Å². The Kier molecular flexibility index (Phi) is 4.41. The fourth-order valence-corrected chi connectivity index (χ4v) is 1.60. The molecule has 1 aromatic carbocycles. The molecule has 4 nitrogen and oxygen atoms in total. The first-order chi connectivity index (χ1) is 8.68. The topological polar surface area (TPSA) is 49.8 Å². The van der Waals surface area contributed by atoms with Gasteiger partial charge in [0, 0.05) is 25.3 Å². The zero-order valence-corrected chi connectivity index (χ0v) is 10.7. The van der Waals surface area contributed by atoms with Crippen LogP contribution >= 0.6 is 0 Å². The standard InChI is InChI=1S/C12H14F3NO3/c1-16(2)9-5-4-7(12(13,14)15)6-8(9)10(17)11(18)19-3/h4-6,10,17H,1-3H3. The lowest BCUT2D eigenvalue weighted by Crippen LogP contribution is -2.20. The van der Waals surface area contributed by atoms with Gasteiger partial charge in [0.1, 0.15) is 0 Å². The monoisotopic (exact) mass is 277 g/mol. The number of hydrogen-bond donors (Lipinski definition) is 1. The maximum Gasteiger partial charge on any atom is 0.416 e. The Morgan fingerprint density at radius 3 is 2.37 bits per heavy atom. The minimum absolute atomic E-state index is 0.147. The van der Waals surface area contributed by atoms with Crippen LogP contribution in [0.5, 0.6) is 0 Å². The van der Waals surface area contributed by atoms with Crippen LogP contribution in [0.15, 0.2) is 18.2 Å². The minimum atomic E-state index is -4.55. The lowest BCUT2D eigenvalue weighted by Gasteiger charge is -2.21. The Labute approximate surface area is 108 Å². The fraction of sp³-hybridized carbons (Fsp3) is 0.417. The number of alkyl halides is 3. The highest BCUT2D eigenvalue weighted by Crippen LogP contribution is 2.35. The molecule has 0 saturated carbocycles. The van der Waals surface area contributed by atoms with Crippen LogP contribution in [0.1, 0.15) is 17.2 Å². The van der Waals surface area contributed by atoms with E-state index in [2.05, 4.69) is 4.74 Å². The van der Waals surface area contributed by atoms with Crippen molar-refractivity contribution in [3.05, 3.63) is 29.3 Å². The second kappa shape index (κ2) is 5.48. The van der Waals surface area contributed by atoms with Crippen molar-refractivity contribution in [2.75, 3.05) is 26.1 Å². The van der Waals surface area contributed by atoms with Gasteiger partial charge in [0.15, 0.2) is 6.10 Å². The number of halogens is 3. The molecule has 0 aliphatic carbocycles. The Balaban J connectivity index is 3.35. The first-order valence-electron chi connectivity index (χ1n) is 5.33. The molecule has 0 saturated heterocycles. The zero-order valence-electron chi connectivity index (χ0n) is 10.7. The number of methoxy groups -OCH3 is 1. The summed E-state index contributed by atoms with van der Waals surface area (Å²) >= 11 is 0. The summed E-state index contributed by atoms with van der Waals surface area (Å²) in [5.74, 6) is -1.01. The van der Waals surface area contributed by atoms with Crippen molar-refractivity contribution in [1.29, 1.82) is 0 Å². The average Bonchev–Trinajstić information content (AvgIpc) is 2.34. The SMILES string of the molecule is COC(=O)C(O)c1cc(C(F)(F)F)ccc1N(C)C. The lowest BCUT2D eigenvalue weighted by atomic mass is 10.0. The molecule has 0 amide bonds. The molecule has 106 valence electrons. The molecule has 0 aromatic heterocycles. The van der Waals surface area contributed by atoms with Gasteiger partial charge < -0.3 is 14.7 Å². The summed E-state index contributed by atoms with van der Waals surface area (Å²) in [6, 6.07) is 2.84. The number of aliphatic hydroxyl groups is 1. The number of nitrogens with zero attached hydrogens (tertiary/aromatic N) is 1. The number of carbonyl (C=O) groups excluding carboxylic acids is 1. The van der Waals surface area contributed by atoms with Gasteiger partial charge >= 0.3 is 12.1 Å². The molecule has 1 atom stereocenters. The molecule has 0 fully saturated rings. The largest absolute Gasteiger partial charge is 0.467 e. The second-order valence-corrected chi connectivity index (χ2v) is 4.09. The van der Waals surface area contributed by atoms with Crippen molar-refractivity contribution in [3.8, 4) is 0 Å². The maximum absolute atomic E-state index is 12.6. The maximum atomic E-state index is 12.6. The summed E-state index contributed by atoms with van der Waals surface area (Å²) in [6.07, 6.45) is -6.31. The van der Waals surface area contributed by atoms with Crippen molar-refractivity contribution in [2.24, 2.45) is 0 Å². The Morgan fingerprint density at radius 2 is 1.95 bits per heavy atom. The highest BCUT2D eigenvalue weighted by molar-refractivity contribution is 5.79. The van der Waals surface area contributed by atoms with E-state index in [1.165, 1.54) is 11.0 Å².